The van der Waals surface area contributed by atoms with Crippen molar-refractivity contribution in [1.82, 2.24) is 0 Å². The third-order valence-electron chi connectivity index (χ3n) is 4.03. The summed E-state index contributed by atoms with van der Waals surface area (Å²) >= 11 is 13.8. The van der Waals surface area contributed by atoms with E-state index in [9.17, 15) is 4.79 Å². The maximum atomic E-state index is 12.4. The number of carbonyl (C=O) groups excluding carboxylic acids is 1. The van der Waals surface area contributed by atoms with Crippen LogP contribution in [0.3, 0.4) is 0 Å². The molecule has 6 heteroatoms. The lowest BCUT2D eigenvalue weighted by molar-refractivity contribution is -0.675. The van der Waals surface area contributed by atoms with E-state index in [1.165, 1.54) is 16.0 Å². The highest BCUT2D eigenvalue weighted by Gasteiger charge is 2.20. The summed E-state index contributed by atoms with van der Waals surface area (Å²) in [5.74, 6) is -0.122. The van der Waals surface area contributed by atoms with Crippen molar-refractivity contribution in [2.45, 2.75) is 13.0 Å². The number of benzene rings is 2. The van der Waals surface area contributed by atoms with Crippen molar-refractivity contribution in [3.05, 3.63) is 86.0 Å². The first kappa shape index (κ1) is 18.9. The van der Waals surface area contributed by atoms with Gasteiger partial charge in [0.05, 0.1) is 15.6 Å². The number of nitrogens with two attached hydrogens (primary N) is 1. The van der Waals surface area contributed by atoms with Gasteiger partial charge < -0.3 is 10.6 Å². The van der Waals surface area contributed by atoms with Gasteiger partial charge in [-0.25, -0.2) is 0 Å². The van der Waals surface area contributed by atoms with Crippen LogP contribution < -0.4 is 10.6 Å². The number of halogens is 2. The highest BCUT2D eigenvalue weighted by atomic mass is 35.5. The average Bonchev–Trinajstić information content (AvgIpc) is 3.14. The third kappa shape index (κ3) is 4.86. The van der Waals surface area contributed by atoms with Crippen LogP contribution in [-0.2, 0) is 4.79 Å². The van der Waals surface area contributed by atoms with Gasteiger partial charge in [-0.1, -0.05) is 59.1 Å². The first-order valence-corrected chi connectivity index (χ1v) is 9.84. The van der Waals surface area contributed by atoms with Crippen molar-refractivity contribution in [2.75, 3.05) is 11.9 Å². The van der Waals surface area contributed by atoms with Gasteiger partial charge in [0.25, 0.3) is 5.91 Å². The molecule has 1 heterocycles. The van der Waals surface area contributed by atoms with Crippen LogP contribution in [0.1, 0.15) is 22.0 Å². The molecule has 3 N–H and O–H groups in total. The summed E-state index contributed by atoms with van der Waals surface area (Å²) < 4.78 is 0. The SMILES string of the molecule is Cc1ccc([C@H]([NH2+]CC(=O)Nc2cc(Cl)ccc2Cl)c2cccs2)cc1. The average molecular weight is 406 g/mol. The summed E-state index contributed by atoms with van der Waals surface area (Å²) in [7, 11) is 0. The number of anilines is 1. The molecule has 3 rings (SSSR count). The standard InChI is InChI=1S/C20H18Cl2N2OS/c1-13-4-6-14(7-5-13)20(18-3-2-10-26-18)23-12-19(25)24-17-11-15(21)8-9-16(17)22/h2-11,20,23H,12H2,1H3,(H,24,25)/p+1/t20-/m0/s1. The largest absolute Gasteiger partial charge is 0.328 e. The number of quaternary nitrogens is 1. The van der Waals surface area contributed by atoms with E-state index in [-0.39, 0.29) is 18.5 Å². The Morgan fingerprint density at radius 2 is 1.92 bits per heavy atom. The molecule has 3 nitrogen and oxygen atoms in total. The first-order valence-electron chi connectivity index (χ1n) is 8.21. The maximum absolute atomic E-state index is 12.4. The maximum Gasteiger partial charge on any atom is 0.279 e. The van der Waals surface area contributed by atoms with Crippen LogP contribution in [0.4, 0.5) is 5.69 Å². The summed E-state index contributed by atoms with van der Waals surface area (Å²) in [6.07, 6.45) is 0. The van der Waals surface area contributed by atoms with Gasteiger partial charge in [0.15, 0.2) is 6.54 Å². The van der Waals surface area contributed by atoms with Crippen molar-refractivity contribution in [1.29, 1.82) is 0 Å². The van der Waals surface area contributed by atoms with E-state index in [0.717, 1.165) is 0 Å². The van der Waals surface area contributed by atoms with Crippen LogP contribution in [0.25, 0.3) is 0 Å². The molecule has 0 aliphatic carbocycles. The zero-order valence-electron chi connectivity index (χ0n) is 14.2. The quantitative estimate of drug-likeness (QED) is 0.615. The molecular weight excluding hydrogens is 387 g/mol. The topological polar surface area (TPSA) is 45.7 Å². The number of carbonyl (C=O) groups is 1. The molecule has 0 unspecified atom stereocenters. The lowest BCUT2D eigenvalue weighted by Crippen LogP contribution is -2.87. The Morgan fingerprint density at radius 3 is 2.62 bits per heavy atom. The second kappa shape index (κ2) is 8.69. The minimum absolute atomic E-state index is 0.0798. The Bertz CT molecular complexity index is 879. The number of amides is 1. The molecule has 0 saturated carbocycles. The molecule has 1 atom stereocenters. The van der Waals surface area contributed by atoms with Crippen molar-refractivity contribution >= 4 is 46.1 Å². The molecule has 2 aromatic carbocycles. The summed E-state index contributed by atoms with van der Waals surface area (Å²) in [6, 6.07) is 17.6. The van der Waals surface area contributed by atoms with E-state index in [2.05, 4.69) is 48.0 Å². The summed E-state index contributed by atoms with van der Waals surface area (Å²) in [5, 5.41) is 7.91. The fraction of sp³-hybridized carbons (Fsp3) is 0.150. The zero-order valence-corrected chi connectivity index (χ0v) is 16.5. The Hall–Kier alpha value is -1.85. The van der Waals surface area contributed by atoms with Gasteiger partial charge in [-0.15, -0.1) is 11.3 Å². The van der Waals surface area contributed by atoms with Gasteiger partial charge in [0, 0.05) is 10.6 Å². The number of hydrogen-bond donors (Lipinski definition) is 2. The molecule has 0 radical (unpaired) electrons. The monoisotopic (exact) mass is 405 g/mol. The van der Waals surface area contributed by atoms with Gasteiger partial charge in [-0.05, 0) is 36.6 Å². The summed E-state index contributed by atoms with van der Waals surface area (Å²) in [4.78, 5) is 13.6. The Kier molecular flexibility index (Phi) is 6.33. The van der Waals surface area contributed by atoms with E-state index in [4.69, 9.17) is 23.2 Å². The number of rotatable bonds is 6. The van der Waals surface area contributed by atoms with Gasteiger partial charge in [0.1, 0.15) is 6.04 Å². The van der Waals surface area contributed by atoms with Gasteiger partial charge in [0.2, 0.25) is 0 Å². The number of aryl methyl sites for hydroxylation is 1. The Balaban J connectivity index is 1.70. The molecule has 0 aliphatic heterocycles. The molecule has 1 amide bonds. The molecule has 0 bridgehead atoms. The third-order valence-corrected chi connectivity index (χ3v) is 5.55. The Morgan fingerprint density at radius 1 is 1.15 bits per heavy atom. The molecule has 0 fully saturated rings. The highest BCUT2D eigenvalue weighted by Crippen LogP contribution is 2.25. The summed E-state index contributed by atoms with van der Waals surface area (Å²) in [5.41, 5.74) is 2.92. The van der Waals surface area contributed by atoms with Crippen LogP contribution >= 0.6 is 34.5 Å². The van der Waals surface area contributed by atoms with Crippen LogP contribution in [0.15, 0.2) is 60.0 Å². The minimum atomic E-state index is -0.122. The van der Waals surface area contributed by atoms with E-state index in [1.54, 1.807) is 29.5 Å². The summed E-state index contributed by atoms with van der Waals surface area (Å²) in [6.45, 7) is 2.34. The van der Waals surface area contributed by atoms with Crippen molar-refractivity contribution < 1.29 is 10.1 Å². The fourth-order valence-electron chi connectivity index (χ4n) is 2.68. The highest BCUT2D eigenvalue weighted by molar-refractivity contribution is 7.10. The van der Waals surface area contributed by atoms with E-state index >= 15 is 0 Å². The minimum Gasteiger partial charge on any atom is -0.328 e. The zero-order chi connectivity index (χ0) is 18.5. The van der Waals surface area contributed by atoms with Crippen LogP contribution in [0.2, 0.25) is 10.0 Å². The van der Waals surface area contributed by atoms with E-state index in [1.807, 2.05) is 11.4 Å². The number of nitrogens with one attached hydrogen (secondary N) is 1. The molecule has 0 aliphatic rings. The molecule has 1 aromatic heterocycles. The molecule has 26 heavy (non-hydrogen) atoms. The second-order valence-corrected chi connectivity index (χ2v) is 7.84. The number of hydrogen-bond acceptors (Lipinski definition) is 2. The molecule has 0 saturated heterocycles. The lowest BCUT2D eigenvalue weighted by atomic mass is 10.0. The smallest absolute Gasteiger partial charge is 0.279 e. The predicted molar refractivity (Wildman–Crippen MR) is 109 cm³/mol. The Labute approximate surface area is 167 Å². The van der Waals surface area contributed by atoms with Crippen molar-refractivity contribution in [3.8, 4) is 0 Å². The molecule has 134 valence electrons. The second-order valence-electron chi connectivity index (χ2n) is 6.02. The van der Waals surface area contributed by atoms with Crippen LogP contribution in [0.5, 0.6) is 0 Å². The van der Waals surface area contributed by atoms with E-state index in [0.29, 0.717) is 15.7 Å². The molecule has 0 spiro atoms. The predicted octanol–water partition coefficient (Wildman–Crippen LogP) is 4.65. The fourth-order valence-corrected chi connectivity index (χ4v) is 3.87. The number of thiophene rings is 1. The van der Waals surface area contributed by atoms with Crippen molar-refractivity contribution in [3.63, 3.8) is 0 Å². The van der Waals surface area contributed by atoms with Gasteiger partial charge in [-0.2, -0.15) is 0 Å². The van der Waals surface area contributed by atoms with Crippen LogP contribution in [-0.4, -0.2) is 12.5 Å². The molecular formula is C20H19Cl2N2OS+. The normalized spacial score (nSPS) is 12.0. The molecule has 3 aromatic rings. The first-order chi connectivity index (χ1) is 12.5. The van der Waals surface area contributed by atoms with Gasteiger partial charge >= 0.3 is 0 Å². The lowest BCUT2D eigenvalue weighted by Gasteiger charge is -2.15. The van der Waals surface area contributed by atoms with Crippen molar-refractivity contribution in [2.24, 2.45) is 0 Å². The van der Waals surface area contributed by atoms with Crippen LogP contribution in [0, 0.1) is 6.92 Å². The van der Waals surface area contributed by atoms with E-state index < -0.39 is 0 Å². The van der Waals surface area contributed by atoms with Gasteiger partial charge in [-0.3, -0.25) is 4.79 Å².